The van der Waals surface area contributed by atoms with Gasteiger partial charge in [-0.1, -0.05) is 12.1 Å². The third kappa shape index (κ3) is 3.22. The Morgan fingerprint density at radius 1 is 1.14 bits per heavy atom. The monoisotopic (exact) mass is 369 g/mol. The molecule has 0 atom stereocenters. The van der Waals surface area contributed by atoms with Crippen LogP contribution in [0.2, 0.25) is 0 Å². The molecule has 112 valence electrons. The number of hydrogen-bond donors (Lipinski definition) is 1. The molecule has 21 heavy (non-hydrogen) atoms. The van der Waals surface area contributed by atoms with E-state index in [9.17, 15) is 8.42 Å². The van der Waals surface area contributed by atoms with Crippen molar-refractivity contribution in [2.24, 2.45) is 0 Å². The van der Waals surface area contributed by atoms with Crippen LogP contribution in [0, 0.1) is 0 Å². The lowest BCUT2D eigenvalue weighted by atomic mass is 10.3. The summed E-state index contributed by atoms with van der Waals surface area (Å²) >= 11 is 3.30. The van der Waals surface area contributed by atoms with Crippen molar-refractivity contribution in [3.8, 4) is 5.75 Å². The fourth-order valence-electron chi connectivity index (χ4n) is 1.97. The van der Waals surface area contributed by atoms with Crippen LogP contribution < -0.4 is 10.1 Å². The molecule has 0 aliphatic rings. The average Bonchev–Trinajstić information content (AvgIpc) is 2.48. The molecule has 0 fully saturated rings. The van der Waals surface area contributed by atoms with E-state index in [1.807, 2.05) is 6.92 Å². The number of methoxy groups -OCH3 is 1. The van der Waals surface area contributed by atoms with Crippen molar-refractivity contribution in [3.63, 3.8) is 0 Å². The predicted molar refractivity (Wildman–Crippen MR) is 86.8 cm³/mol. The van der Waals surface area contributed by atoms with Crippen LogP contribution in [0.25, 0.3) is 0 Å². The molecule has 0 bridgehead atoms. The minimum absolute atomic E-state index is 0.204. The number of sulfone groups is 1. The van der Waals surface area contributed by atoms with Gasteiger partial charge in [-0.3, -0.25) is 0 Å². The maximum absolute atomic E-state index is 12.9. The molecule has 0 aromatic heterocycles. The maximum Gasteiger partial charge on any atom is 0.209 e. The molecular weight excluding hydrogens is 354 g/mol. The molecule has 0 radical (unpaired) electrons. The van der Waals surface area contributed by atoms with E-state index >= 15 is 0 Å². The highest BCUT2D eigenvalue weighted by Crippen LogP contribution is 2.34. The van der Waals surface area contributed by atoms with E-state index in [1.165, 1.54) is 13.2 Å². The molecule has 0 aliphatic heterocycles. The van der Waals surface area contributed by atoms with E-state index in [0.29, 0.717) is 22.5 Å². The second-order valence-corrected chi connectivity index (χ2v) is 7.07. The van der Waals surface area contributed by atoms with Crippen molar-refractivity contribution in [1.82, 2.24) is 0 Å². The van der Waals surface area contributed by atoms with Gasteiger partial charge in [-0.15, -0.1) is 0 Å². The summed E-state index contributed by atoms with van der Waals surface area (Å²) in [5, 5.41) is 3.07. The van der Waals surface area contributed by atoms with Crippen LogP contribution in [-0.4, -0.2) is 22.1 Å². The van der Waals surface area contributed by atoms with Gasteiger partial charge in [0, 0.05) is 17.1 Å². The topological polar surface area (TPSA) is 55.4 Å². The van der Waals surface area contributed by atoms with Gasteiger partial charge in [0.2, 0.25) is 9.84 Å². The number of ether oxygens (including phenoxy) is 1. The molecule has 0 spiro atoms. The summed E-state index contributed by atoms with van der Waals surface area (Å²) in [6.45, 7) is 2.55. The van der Waals surface area contributed by atoms with Crippen LogP contribution in [0.1, 0.15) is 6.92 Å². The van der Waals surface area contributed by atoms with Crippen molar-refractivity contribution < 1.29 is 13.2 Å². The molecule has 0 saturated carbocycles. The molecule has 2 aromatic carbocycles. The summed E-state index contributed by atoms with van der Waals surface area (Å²) in [5.41, 5.74) is 0.564. The lowest BCUT2D eigenvalue weighted by Gasteiger charge is -2.14. The van der Waals surface area contributed by atoms with E-state index in [2.05, 4.69) is 21.2 Å². The number of benzene rings is 2. The van der Waals surface area contributed by atoms with E-state index in [4.69, 9.17) is 4.74 Å². The van der Waals surface area contributed by atoms with Crippen molar-refractivity contribution in [1.29, 1.82) is 0 Å². The fourth-order valence-corrected chi connectivity index (χ4v) is 4.41. The second-order valence-electron chi connectivity index (χ2n) is 4.33. The van der Waals surface area contributed by atoms with Gasteiger partial charge in [0.05, 0.1) is 22.6 Å². The highest BCUT2D eigenvalue weighted by atomic mass is 79.9. The molecule has 0 saturated heterocycles. The molecule has 0 amide bonds. The van der Waals surface area contributed by atoms with Crippen molar-refractivity contribution in [2.75, 3.05) is 19.0 Å². The number of halogens is 1. The number of hydrogen-bond acceptors (Lipinski definition) is 4. The van der Waals surface area contributed by atoms with E-state index < -0.39 is 9.84 Å². The molecule has 0 heterocycles. The third-order valence-electron chi connectivity index (χ3n) is 2.97. The summed E-state index contributed by atoms with van der Waals surface area (Å²) in [4.78, 5) is 0.438. The first-order chi connectivity index (χ1) is 10.0. The lowest BCUT2D eigenvalue weighted by molar-refractivity contribution is 0.413. The third-order valence-corrected chi connectivity index (χ3v) is 5.78. The molecule has 1 N–H and O–H groups in total. The molecule has 2 aromatic rings. The Morgan fingerprint density at radius 2 is 1.86 bits per heavy atom. The quantitative estimate of drug-likeness (QED) is 0.872. The highest BCUT2D eigenvalue weighted by molar-refractivity contribution is 9.10. The Hall–Kier alpha value is -1.53. The van der Waals surface area contributed by atoms with E-state index in [0.717, 1.165) is 0 Å². The normalized spacial score (nSPS) is 11.2. The van der Waals surface area contributed by atoms with Crippen molar-refractivity contribution in [2.45, 2.75) is 16.7 Å². The van der Waals surface area contributed by atoms with Crippen molar-refractivity contribution >= 4 is 31.5 Å². The smallest absolute Gasteiger partial charge is 0.209 e. The SMILES string of the molecule is CCNc1ccc(OC)cc1S(=O)(=O)c1ccccc1Br. The van der Waals surface area contributed by atoms with Crippen LogP contribution in [0.3, 0.4) is 0 Å². The van der Waals surface area contributed by atoms with Gasteiger partial charge in [-0.05, 0) is 47.1 Å². The Balaban J connectivity index is 2.66. The van der Waals surface area contributed by atoms with Gasteiger partial charge in [0.1, 0.15) is 5.75 Å². The summed E-state index contributed by atoms with van der Waals surface area (Å²) < 4.78 is 31.5. The van der Waals surface area contributed by atoms with E-state index in [-0.39, 0.29) is 9.79 Å². The zero-order chi connectivity index (χ0) is 15.5. The number of anilines is 1. The van der Waals surface area contributed by atoms with Gasteiger partial charge in [-0.2, -0.15) is 0 Å². The van der Waals surface area contributed by atoms with Gasteiger partial charge < -0.3 is 10.1 Å². The van der Waals surface area contributed by atoms with Crippen molar-refractivity contribution in [3.05, 3.63) is 46.9 Å². The van der Waals surface area contributed by atoms with Gasteiger partial charge in [-0.25, -0.2) is 8.42 Å². The van der Waals surface area contributed by atoms with Crippen LogP contribution in [0.4, 0.5) is 5.69 Å². The predicted octanol–water partition coefficient (Wildman–Crippen LogP) is 3.72. The standard InChI is InChI=1S/C15H16BrNO3S/c1-3-17-13-9-8-11(20-2)10-15(13)21(18,19)14-7-5-4-6-12(14)16/h4-10,17H,3H2,1-2H3. The summed E-state index contributed by atoms with van der Waals surface area (Å²) in [5.74, 6) is 0.502. The molecule has 6 heteroatoms. The summed E-state index contributed by atoms with van der Waals surface area (Å²) in [6.07, 6.45) is 0. The first-order valence-electron chi connectivity index (χ1n) is 6.42. The fraction of sp³-hybridized carbons (Fsp3) is 0.200. The maximum atomic E-state index is 12.9. The minimum Gasteiger partial charge on any atom is -0.497 e. The molecule has 0 unspecified atom stereocenters. The molecule has 0 aliphatic carbocycles. The Labute approximate surface area is 133 Å². The molecular formula is C15H16BrNO3S. The molecule has 4 nitrogen and oxygen atoms in total. The number of nitrogens with one attached hydrogen (secondary N) is 1. The highest BCUT2D eigenvalue weighted by Gasteiger charge is 2.24. The van der Waals surface area contributed by atoms with Gasteiger partial charge in [0.15, 0.2) is 0 Å². The largest absolute Gasteiger partial charge is 0.497 e. The first kappa shape index (κ1) is 15.9. The number of rotatable bonds is 5. The van der Waals surface area contributed by atoms with Crippen LogP contribution in [0.5, 0.6) is 5.75 Å². The lowest BCUT2D eigenvalue weighted by Crippen LogP contribution is -2.08. The second kappa shape index (κ2) is 6.49. The van der Waals surface area contributed by atoms with Crippen LogP contribution in [0.15, 0.2) is 56.7 Å². The van der Waals surface area contributed by atoms with Crippen LogP contribution >= 0.6 is 15.9 Å². The van der Waals surface area contributed by atoms with Gasteiger partial charge >= 0.3 is 0 Å². The Morgan fingerprint density at radius 3 is 2.48 bits per heavy atom. The Kier molecular flexibility index (Phi) is 4.90. The summed E-state index contributed by atoms with van der Waals surface area (Å²) in [6, 6.07) is 11.7. The molecule has 2 rings (SSSR count). The zero-order valence-electron chi connectivity index (χ0n) is 11.8. The Bertz CT molecular complexity index is 744. The van der Waals surface area contributed by atoms with Crippen LogP contribution in [-0.2, 0) is 9.84 Å². The zero-order valence-corrected chi connectivity index (χ0v) is 14.2. The minimum atomic E-state index is -3.64. The average molecular weight is 370 g/mol. The van der Waals surface area contributed by atoms with Gasteiger partial charge in [0.25, 0.3) is 0 Å². The van der Waals surface area contributed by atoms with E-state index in [1.54, 1.807) is 36.4 Å². The summed E-state index contributed by atoms with van der Waals surface area (Å²) in [7, 11) is -2.13. The first-order valence-corrected chi connectivity index (χ1v) is 8.70.